The Morgan fingerprint density at radius 3 is 2.43 bits per heavy atom. The second-order valence-corrected chi connectivity index (χ2v) is 3.76. The van der Waals surface area contributed by atoms with E-state index >= 15 is 0 Å². The normalized spacial score (nSPS) is 14.0. The lowest BCUT2D eigenvalue weighted by molar-refractivity contribution is 0.106. The first-order valence-corrected chi connectivity index (χ1v) is 5.05. The smallest absolute Gasteiger partial charge is 0.225 e. The average Bonchev–Trinajstić information content (AvgIpc) is 2.18. The molecule has 0 heterocycles. The summed E-state index contributed by atoms with van der Waals surface area (Å²) in [4.78, 5) is 11.4. The lowest BCUT2D eigenvalue weighted by Gasteiger charge is -2.07. The Morgan fingerprint density at radius 1 is 1.00 bits per heavy atom. The zero-order valence-corrected chi connectivity index (χ0v) is 7.91. The summed E-state index contributed by atoms with van der Waals surface area (Å²) in [6.07, 6.45) is 2.95. The first-order chi connectivity index (χ1) is 6.70. The van der Waals surface area contributed by atoms with Crippen molar-refractivity contribution in [3.8, 4) is 0 Å². The Bertz CT molecular complexity index is 557. The fourth-order valence-electron chi connectivity index (χ4n) is 1.35. The van der Waals surface area contributed by atoms with Gasteiger partial charge < -0.3 is 0 Å². The Kier molecular flexibility index (Phi) is 2.05. The van der Waals surface area contributed by atoms with Crippen LogP contribution in [0.1, 0.15) is 15.9 Å². The molecule has 0 unspecified atom stereocenters. The number of benzene rings is 1. The van der Waals surface area contributed by atoms with Gasteiger partial charge in [0.05, 0.1) is 0 Å². The maximum absolute atomic E-state index is 11.6. The van der Waals surface area contributed by atoms with E-state index < -0.39 is 16.1 Å². The third kappa shape index (κ3) is 1.29. The van der Waals surface area contributed by atoms with Crippen molar-refractivity contribution < 1.29 is 13.2 Å². The van der Waals surface area contributed by atoms with Gasteiger partial charge in [-0.15, -0.1) is 0 Å². The summed E-state index contributed by atoms with van der Waals surface area (Å²) in [5.74, 6) is -0.434. The number of carbonyl (C=O) groups excluding carboxylic acids is 1. The standard InChI is InChI=1S/C10H6O3S/c11-10-8-4-2-1-3-7(8)5-6-9(10)14(12)13/h1-6H. The van der Waals surface area contributed by atoms with Crippen LogP contribution in [0.2, 0.25) is 0 Å². The number of carbonyl (C=O) groups is 1. The van der Waals surface area contributed by atoms with Crippen LogP contribution in [0, 0.1) is 0 Å². The highest BCUT2D eigenvalue weighted by atomic mass is 32.2. The molecule has 14 heavy (non-hydrogen) atoms. The summed E-state index contributed by atoms with van der Waals surface area (Å²) in [7, 11) is -2.46. The first kappa shape index (κ1) is 8.90. The Balaban J connectivity index is 2.74. The Labute approximate surface area is 82.2 Å². The van der Waals surface area contributed by atoms with Crippen LogP contribution in [-0.4, -0.2) is 19.1 Å². The molecule has 4 heteroatoms. The zero-order valence-electron chi connectivity index (χ0n) is 7.10. The van der Waals surface area contributed by atoms with E-state index in [1.165, 1.54) is 6.08 Å². The molecule has 0 saturated heterocycles. The lowest BCUT2D eigenvalue weighted by atomic mass is 9.96. The summed E-state index contributed by atoms with van der Waals surface area (Å²) in [5.41, 5.74) is 1.20. The molecule has 0 amide bonds. The van der Waals surface area contributed by atoms with Gasteiger partial charge in [-0.25, -0.2) is 0 Å². The van der Waals surface area contributed by atoms with Gasteiger partial charge in [0.2, 0.25) is 16.1 Å². The molecular formula is C10H6O3S. The monoisotopic (exact) mass is 206 g/mol. The van der Waals surface area contributed by atoms with Crippen LogP contribution in [0.25, 0.3) is 6.08 Å². The van der Waals surface area contributed by atoms with E-state index in [2.05, 4.69) is 0 Å². The van der Waals surface area contributed by atoms with Crippen LogP contribution in [0.3, 0.4) is 0 Å². The molecule has 0 aliphatic heterocycles. The van der Waals surface area contributed by atoms with E-state index in [-0.39, 0.29) is 4.86 Å². The molecule has 2 rings (SSSR count). The minimum Gasteiger partial charge on any atom is -0.287 e. The molecule has 3 nitrogen and oxygen atoms in total. The average molecular weight is 206 g/mol. The first-order valence-electron chi connectivity index (χ1n) is 3.98. The van der Waals surface area contributed by atoms with Gasteiger partial charge in [-0.2, -0.15) is 8.42 Å². The minimum atomic E-state index is -2.46. The zero-order chi connectivity index (χ0) is 10.1. The number of hydrogen-bond acceptors (Lipinski definition) is 3. The lowest BCUT2D eigenvalue weighted by Crippen LogP contribution is -2.17. The number of ketones is 1. The molecule has 0 saturated carbocycles. The molecule has 0 radical (unpaired) electrons. The molecule has 1 aromatic carbocycles. The number of rotatable bonds is 0. The highest BCUT2D eigenvalue weighted by Gasteiger charge is 2.19. The second-order valence-electron chi connectivity index (χ2n) is 2.85. The molecule has 0 fully saturated rings. The number of allylic oxidation sites excluding steroid dienone is 1. The molecule has 1 aliphatic rings. The largest absolute Gasteiger partial charge is 0.287 e. The van der Waals surface area contributed by atoms with Gasteiger partial charge >= 0.3 is 0 Å². The van der Waals surface area contributed by atoms with Crippen LogP contribution < -0.4 is 0 Å². The number of hydrogen-bond donors (Lipinski definition) is 0. The molecule has 0 aromatic heterocycles. The fraction of sp³-hybridized carbons (Fsp3) is 0. The van der Waals surface area contributed by atoms with Gasteiger partial charge in [0.15, 0.2) is 0 Å². The third-order valence-electron chi connectivity index (χ3n) is 2.02. The number of fused-ring (bicyclic) bond motifs is 1. The molecule has 0 N–H and O–H groups in total. The van der Waals surface area contributed by atoms with E-state index in [0.717, 1.165) is 5.56 Å². The van der Waals surface area contributed by atoms with Crippen molar-refractivity contribution in [1.82, 2.24) is 0 Å². The van der Waals surface area contributed by atoms with Crippen LogP contribution in [0.4, 0.5) is 0 Å². The van der Waals surface area contributed by atoms with Gasteiger partial charge in [0, 0.05) is 5.56 Å². The molecule has 1 aliphatic carbocycles. The van der Waals surface area contributed by atoms with Gasteiger partial charge in [-0.1, -0.05) is 30.3 Å². The van der Waals surface area contributed by atoms with E-state index in [9.17, 15) is 13.2 Å². The van der Waals surface area contributed by atoms with E-state index in [4.69, 9.17) is 0 Å². The van der Waals surface area contributed by atoms with E-state index in [1.807, 2.05) is 0 Å². The van der Waals surface area contributed by atoms with Gasteiger partial charge in [-0.05, 0) is 11.6 Å². The second kappa shape index (κ2) is 3.23. The van der Waals surface area contributed by atoms with Crippen molar-refractivity contribution in [2.75, 3.05) is 0 Å². The summed E-state index contributed by atoms with van der Waals surface area (Å²) in [5, 5.41) is 0. The Hall–Kier alpha value is -1.68. The fourth-order valence-corrected chi connectivity index (χ4v) is 1.79. The molecule has 0 atom stereocenters. The van der Waals surface area contributed by atoms with Crippen LogP contribution in [-0.2, 0) is 10.3 Å². The summed E-state index contributed by atoms with van der Waals surface area (Å²) < 4.78 is 21.3. The molecule has 0 spiro atoms. The van der Waals surface area contributed by atoms with Crippen molar-refractivity contribution in [1.29, 1.82) is 0 Å². The quantitative estimate of drug-likeness (QED) is 0.594. The van der Waals surface area contributed by atoms with Crippen molar-refractivity contribution in [2.24, 2.45) is 0 Å². The van der Waals surface area contributed by atoms with E-state index in [0.29, 0.717) is 5.56 Å². The van der Waals surface area contributed by atoms with Gasteiger partial charge in [0.1, 0.15) is 4.86 Å². The predicted molar refractivity (Wildman–Crippen MR) is 53.7 cm³/mol. The summed E-state index contributed by atoms with van der Waals surface area (Å²) in [6.45, 7) is 0. The topological polar surface area (TPSA) is 51.2 Å². The van der Waals surface area contributed by atoms with Crippen molar-refractivity contribution in [3.05, 3.63) is 41.5 Å². The SMILES string of the molecule is O=C1C(=S(=O)=O)C=Cc2ccccc21. The van der Waals surface area contributed by atoms with Crippen LogP contribution in [0.15, 0.2) is 30.3 Å². The maximum Gasteiger partial charge on any atom is 0.225 e. The maximum atomic E-state index is 11.6. The highest BCUT2D eigenvalue weighted by Crippen LogP contribution is 2.16. The van der Waals surface area contributed by atoms with Crippen molar-refractivity contribution in [2.45, 2.75) is 0 Å². The minimum absolute atomic E-state index is 0.177. The molecule has 0 bridgehead atoms. The third-order valence-corrected chi connectivity index (χ3v) is 2.70. The van der Waals surface area contributed by atoms with Crippen molar-refractivity contribution >= 4 is 27.0 Å². The van der Waals surface area contributed by atoms with Crippen LogP contribution >= 0.6 is 0 Å². The van der Waals surface area contributed by atoms with E-state index in [1.54, 1.807) is 30.3 Å². The highest BCUT2D eigenvalue weighted by molar-refractivity contribution is 7.75. The number of Topliss-reactive ketones (excluding diaryl/α,β-unsaturated/α-hetero) is 1. The molecular weight excluding hydrogens is 200 g/mol. The molecule has 70 valence electrons. The van der Waals surface area contributed by atoms with Gasteiger partial charge in [0.25, 0.3) is 0 Å². The summed E-state index contributed by atoms with van der Waals surface area (Å²) >= 11 is 0. The molecule has 1 aromatic rings. The van der Waals surface area contributed by atoms with Crippen molar-refractivity contribution in [3.63, 3.8) is 0 Å². The Morgan fingerprint density at radius 2 is 1.71 bits per heavy atom. The van der Waals surface area contributed by atoms with Crippen LogP contribution in [0.5, 0.6) is 0 Å². The summed E-state index contributed by atoms with van der Waals surface area (Å²) in [6, 6.07) is 6.90. The predicted octanol–water partition coefficient (Wildman–Crippen LogP) is 0.948. The van der Waals surface area contributed by atoms with Gasteiger partial charge in [-0.3, -0.25) is 4.79 Å².